The van der Waals surface area contributed by atoms with E-state index in [1.54, 1.807) is 4.72 Å². The highest BCUT2D eigenvalue weighted by molar-refractivity contribution is 7.89. The minimum atomic E-state index is -4.65. The first-order chi connectivity index (χ1) is 9.72. The van der Waals surface area contributed by atoms with Gasteiger partial charge in [0.1, 0.15) is 17.5 Å². The molecule has 0 bridgehead atoms. The second-order valence-electron chi connectivity index (χ2n) is 4.03. The van der Waals surface area contributed by atoms with E-state index in [0.29, 0.717) is 12.1 Å². The van der Waals surface area contributed by atoms with Gasteiger partial charge in [-0.05, 0) is 12.1 Å². The zero-order valence-corrected chi connectivity index (χ0v) is 10.9. The summed E-state index contributed by atoms with van der Waals surface area (Å²) >= 11 is 0. The molecule has 11 heteroatoms. The van der Waals surface area contributed by atoms with Crippen molar-refractivity contribution in [2.45, 2.75) is 10.9 Å². The lowest BCUT2D eigenvalue weighted by Crippen LogP contribution is -2.41. The Kier molecular flexibility index (Phi) is 3.89. The van der Waals surface area contributed by atoms with Gasteiger partial charge in [-0.2, -0.15) is 4.72 Å². The minimum absolute atomic E-state index is 0.346. The maximum Gasteiger partial charge on any atom is 0.335 e. The standard InChI is InChI=1S/C10H8F2N2O6S/c11-5-1-4(10(16)17)2-7(8(5)12)21(18,19)14-6-3-20-13-9(6)15/h1-2,6,14H,3H2,(H,13,15)(H,16,17)/t6-/m1/s1. The second kappa shape index (κ2) is 5.35. The van der Waals surface area contributed by atoms with Gasteiger partial charge in [0.15, 0.2) is 11.6 Å². The molecule has 21 heavy (non-hydrogen) atoms. The Morgan fingerprint density at radius 2 is 2.10 bits per heavy atom. The first-order valence-corrected chi connectivity index (χ1v) is 6.87. The predicted molar refractivity (Wildman–Crippen MR) is 61.5 cm³/mol. The Morgan fingerprint density at radius 1 is 1.43 bits per heavy atom. The summed E-state index contributed by atoms with van der Waals surface area (Å²) in [5, 5.41) is 8.73. The number of carboxylic acids is 1. The van der Waals surface area contributed by atoms with Crippen LogP contribution in [0.2, 0.25) is 0 Å². The van der Waals surface area contributed by atoms with Gasteiger partial charge < -0.3 is 5.11 Å². The lowest BCUT2D eigenvalue weighted by molar-refractivity contribution is -0.124. The van der Waals surface area contributed by atoms with Crippen LogP contribution in [0.4, 0.5) is 8.78 Å². The van der Waals surface area contributed by atoms with Crippen molar-refractivity contribution in [1.29, 1.82) is 0 Å². The number of nitrogens with one attached hydrogen (secondary N) is 2. The SMILES string of the molecule is O=C(O)c1cc(F)c(F)c(S(=O)(=O)N[C@@H]2CONC2=O)c1. The third kappa shape index (κ3) is 2.99. The molecule has 1 heterocycles. The van der Waals surface area contributed by atoms with Crippen LogP contribution in [0.1, 0.15) is 10.4 Å². The largest absolute Gasteiger partial charge is 0.478 e. The molecule has 1 saturated heterocycles. The zero-order chi connectivity index (χ0) is 15.8. The third-order valence-corrected chi connectivity index (χ3v) is 4.04. The maximum absolute atomic E-state index is 13.6. The molecule has 0 radical (unpaired) electrons. The van der Waals surface area contributed by atoms with Crippen molar-refractivity contribution in [3.05, 3.63) is 29.3 Å². The van der Waals surface area contributed by atoms with E-state index in [0.717, 1.165) is 0 Å². The molecule has 0 aromatic heterocycles. The Bertz CT molecular complexity index is 721. The van der Waals surface area contributed by atoms with Crippen molar-refractivity contribution >= 4 is 21.9 Å². The van der Waals surface area contributed by atoms with E-state index >= 15 is 0 Å². The van der Waals surface area contributed by atoms with Gasteiger partial charge in [0.05, 0.1) is 5.56 Å². The van der Waals surface area contributed by atoms with Gasteiger partial charge in [0, 0.05) is 0 Å². The highest BCUT2D eigenvalue weighted by atomic mass is 32.2. The van der Waals surface area contributed by atoms with E-state index in [2.05, 4.69) is 4.84 Å². The number of amides is 1. The van der Waals surface area contributed by atoms with Crippen molar-refractivity contribution in [1.82, 2.24) is 10.2 Å². The van der Waals surface area contributed by atoms with E-state index in [4.69, 9.17) is 5.11 Å². The number of benzene rings is 1. The van der Waals surface area contributed by atoms with E-state index in [-0.39, 0.29) is 6.61 Å². The number of carbonyl (C=O) groups is 2. The molecule has 0 saturated carbocycles. The topological polar surface area (TPSA) is 122 Å². The Labute approximate surface area is 116 Å². The number of hydrogen-bond acceptors (Lipinski definition) is 5. The van der Waals surface area contributed by atoms with Gasteiger partial charge in [-0.25, -0.2) is 27.5 Å². The number of aromatic carboxylic acids is 1. The number of rotatable bonds is 4. The average molecular weight is 322 g/mol. The van der Waals surface area contributed by atoms with E-state index in [1.807, 2.05) is 5.48 Å². The van der Waals surface area contributed by atoms with Crippen LogP contribution < -0.4 is 10.2 Å². The molecule has 3 N–H and O–H groups in total. The van der Waals surface area contributed by atoms with E-state index in [9.17, 15) is 26.8 Å². The fourth-order valence-corrected chi connectivity index (χ4v) is 2.86. The number of carboxylic acid groups (broad SMARTS) is 1. The molecule has 1 fully saturated rings. The number of halogens is 2. The number of hydrogen-bond donors (Lipinski definition) is 3. The Hall–Kier alpha value is -2.11. The molecular formula is C10H8F2N2O6S. The molecule has 0 spiro atoms. The molecule has 1 amide bonds. The Morgan fingerprint density at radius 3 is 2.62 bits per heavy atom. The molecule has 1 atom stereocenters. The van der Waals surface area contributed by atoms with Crippen LogP contribution in [0.5, 0.6) is 0 Å². The highest BCUT2D eigenvalue weighted by Gasteiger charge is 2.33. The number of hydroxylamine groups is 1. The zero-order valence-electron chi connectivity index (χ0n) is 10.1. The summed E-state index contributed by atoms with van der Waals surface area (Å²) < 4.78 is 52.5. The predicted octanol–water partition coefficient (Wildman–Crippen LogP) is -0.629. The summed E-state index contributed by atoms with van der Waals surface area (Å²) in [5.41, 5.74) is 1.12. The summed E-state index contributed by atoms with van der Waals surface area (Å²) in [6.07, 6.45) is 0. The van der Waals surface area contributed by atoms with Crippen molar-refractivity contribution in [3.8, 4) is 0 Å². The molecule has 1 aromatic carbocycles. The average Bonchev–Trinajstić information content (AvgIpc) is 2.77. The number of sulfonamides is 1. The van der Waals surface area contributed by atoms with Crippen LogP contribution in [-0.4, -0.2) is 38.0 Å². The van der Waals surface area contributed by atoms with Crippen molar-refractivity contribution < 1.29 is 36.7 Å². The van der Waals surface area contributed by atoms with Crippen LogP contribution in [0.25, 0.3) is 0 Å². The van der Waals surface area contributed by atoms with Gasteiger partial charge in [-0.1, -0.05) is 0 Å². The van der Waals surface area contributed by atoms with Crippen molar-refractivity contribution in [3.63, 3.8) is 0 Å². The van der Waals surface area contributed by atoms with E-state index < -0.39 is 50.0 Å². The summed E-state index contributed by atoms with van der Waals surface area (Å²) in [7, 11) is -4.65. The lowest BCUT2D eigenvalue weighted by atomic mass is 10.2. The molecule has 1 aliphatic heterocycles. The quantitative estimate of drug-likeness (QED) is 0.678. The first kappa shape index (κ1) is 15.3. The molecule has 8 nitrogen and oxygen atoms in total. The van der Waals surface area contributed by atoms with Gasteiger partial charge in [-0.15, -0.1) is 0 Å². The second-order valence-corrected chi connectivity index (χ2v) is 5.71. The fraction of sp³-hybridized carbons (Fsp3) is 0.200. The molecular weight excluding hydrogens is 314 g/mol. The minimum Gasteiger partial charge on any atom is -0.478 e. The summed E-state index contributed by atoms with van der Waals surface area (Å²) in [6, 6.07) is -0.523. The molecule has 114 valence electrons. The summed E-state index contributed by atoms with van der Waals surface area (Å²) in [6.45, 7) is -0.346. The van der Waals surface area contributed by atoms with Crippen LogP contribution >= 0.6 is 0 Å². The Balaban J connectivity index is 2.44. The molecule has 1 aromatic rings. The van der Waals surface area contributed by atoms with Gasteiger partial charge in [-0.3, -0.25) is 9.63 Å². The smallest absolute Gasteiger partial charge is 0.335 e. The lowest BCUT2D eigenvalue weighted by Gasteiger charge is -2.11. The molecule has 0 unspecified atom stereocenters. The molecule has 1 aliphatic rings. The van der Waals surface area contributed by atoms with E-state index in [1.165, 1.54) is 0 Å². The van der Waals surface area contributed by atoms with Crippen LogP contribution in [0, 0.1) is 11.6 Å². The molecule has 2 rings (SSSR count). The van der Waals surface area contributed by atoms with Gasteiger partial charge >= 0.3 is 5.97 Å². The van der Waals surface area contributed by atoms with Crippen LogP contribution in [0.15, 0.2) is 17.0 Å². The summed E-state index contributed by atoms with van der Waals surface area (Å²) in [5.74, 6) is -5.82. The van der Waals surface area contributed by atoms with Crippen LogP contribution in [-0.2, 0) is 19.7 Å². The fourth-order valence-electron chi connectivity index (χ4n) is 1.56. The molecule has 0 aliphatic carbocycles. The maximum atomic E-state index is 13.6. The van der Waals surface area contributed by atoms with Gasteiger partial charge in [0.2, 0.25) is 10.0 Å². The highest BCUT2D eigenvalue weighted by Crippen LogP contribution is 2.20. The normalized spacial score (nSPS) is 18.6. The third-order valence-electron chi connectivity index (χ3n) is 2.57. The van der Waals surface area contributed by atoms with Crippen molar-refractivity contribution in [2.24, 2.45) is 0 Å². The van der Waals surface area contributed by atoms with Crippen molar-refractivity contribution in [2.75, 3.05) is 6.61 Å². The van der Waals surface area contributed by atoms with Gasteiger partial charge in [0.25, 0.3) is 5.91 Å². The van der Waals surface area contributed by atoms with Crippen LogP contribution in [0.3, 0.4) is 0 Å². The number of carbonyl (C=O) groups excluding carboxylic acids is 1. The summed E-state index contributed by atoms with van der Waals surface area (Å²) in [4.78, 5) is 25.2. The first-order valence-electron chi connectivity index (χ1n) is 5.38. The monoisotopic (exact) mass is 322 g/mol.